The molecule has 0 aromatic rings. The van der Waals surface area contributed by atoms with Crippen LogP contribution >= 0.6 is 0 Å². The van der Waals surface area contributed by atoms with Gasteiger partial charge in [0.2, 0.25) is 10.0 Å². The Hall–Kier alpha value is -0.170. The molecule has 0 aliphatic carbocycles. The number of likely N-dealkylation sites (tertiary alicyclic amines) is 1. The zero-order valence-electron chi connectivity index (χ0n) is 13.0. The minimum Gasteiger partial charge on any atom is -0.312 e. The molecule has 1 N–H and O–H groups in total. The molecule has 2 fully saturated rings. The normalized spacial score (nSPS) is 33.6. The summed E-state index contributed by atoms with van der Waals surface area (Å²) in [6.07, 6.45) is 4.47. The van der Waals surface area contributed by atoms with Gasteiger partial charge in [-0.05, 0) is 38.3 Å². The lowest BCUT2D eigenvalue weighted by atomic mass is 9.93. The predicted molar refractivity (Wildman–Crippen MR) is 82.3 cm³/mol. The molecule has 0 unspecified atom stereocenters. The fourth-order valence-electron chi connectivity index (χ4n) is 3.56. The highest BCUT2D eigenvalue weighted by Gasteiger charge is 2.32. The molecule has 0 radical (unpaired) electrons. The Morgan fingerprint density at radius 3 is 2.60 bits per heavy atom. The maximum absolute atomic E-state index is 11.7. The smallest absolute Gasteiger partial charge is 0.211 e. The molecule has 0 aromatic heterocycles. The summed E-state index contributed by atoms with van der Waals surface area (Å²) in [4.78, 5) is 2.49. The topological polar surface area (TPSA) is 52.6 Å². The van der Waals surface area contributed by atoms with Crippen LogP contribution in [0, 0.1) is 5.92 Å². The molecule has 3 atom stereocenters. The summed E-state index contributed by atoms with van der Waals surface area (Å²) in [5.74, 6) is 0.636. The van der Waals surface area contributed by atoms with Crippen molar-refractivity contribution in [2.24, 2.45) is 5.92 Å². The van der Waals surface area contributed by atoms with Gasteiger partial charge in [-0.25, -0.2) is 8.42 Å². The molecule has 6 heteroatoms. The lowest BCUT2D eigenvalue weighted by Crippen LogP contribution is -2.51. The van der Waals surface area contributed by atoms with Gasteiger partial charge in [0.1, 0.15) is 0 Å². The van der Waals surface area contributed by atoms with E-state index in [-0.39, 0.29) is 6.04 Å². The van der Waals surface area contributed by atoms with Gasteiger partial charge in [-0.3, -0.25) is 0 Å². The van der Waals surface area contributed by atoms with Crippen LogP contribution in [0.5, 0.6) is 0 Å². The summed E-state index contributed by atoms with van der Waals surface area (Å²) in [5.41, 5.74) is 0. The highest BCUT2D eigenvalue weighted by molar-refractivity contribution is 7.88. The van der Waals surface area contributed by atoms with Gasteiger partial charge in [0, 0.05) is 31.7 Å². The number of hydrogen-bond acceptors (Lipinski definition) is 4. The first-order valence-electron chi connectivity index (χ1n) is 7.84. The molecular formula is C14H29N3O2S. The maximum Gasteiger partial charge on any atom is 0.211 e. The standard InChI is InChI=1S/C14H29N3O2S/c1-4-16-9-7-14(12(2)11-16)15-10-13-6-5-8-17(13)20(3,18)19/h12-15H,4-11H2,1-3H3/t12-,13-,14+/m1/s1. The second-order valence-corrected chi connectivity index (χ2v) is 8.28. The SMILES string of the molecule is CCN1CC[C@H](NC[C@H]2CCCN2S(C)(=O)=O)[C@H](C)C1. The van der Waals surface area contributed by atoms with Gasteiger partial charge in [0.15, 0.2) is 0 Å². The highest BCUT2D eigenvalue weighted by atomic mass is 32.2. The first-order valence-corrected chi connectivity index (χ1v) is 9.69. The van der Waals surface area contributed by atoms with Gasteiger partial charge in [0.25, 0.3) is 0 Å². The van der Waals surface area contributed by atoms with Crippen molar-refractivity contribution in [3.63, 3.8) is 0 Å². The molecular weight excluding hydrogens is 274 g/mol. The van der Waals surface area contributed by atoms with Crippen LogP contribution in [0.1, 0.15) is 33.1 Å². The van der Waals surface area contributed by atoms with E-state index in [1.807, 2.05) is 0 Å². The minimum absolute atomic E-state index is 0.154. The molecule has 2 rings (SSSR count). The molecule has 20 heavy (non-hydrogen) atoms. The Morgan fingerprint density at radius 1 is 1.25 bits per heavy atom. The lowest BCUT2D eigenvalue weighted by molar-refractivity contribution is 0.150. The summed E-state index contributed by atoms with van der Waals surface area (Å²) >= 11 is 0. The van der Waals surface area contributed by atoms with E-state index in [0.29, 0.717) is 18.5 Å². The molecule has 0 spiro atoms. The van der Waals surface area contributed by atoms with E-state index in [0.717, 1.165) is 39.0 Å². The lowest BCUT2D eigenvalue weighted by Gasteiger charge is -2.37. The van der Waals surface area contributed by atoms with Crippen LogP contribution in [0.15, 0.2) is 0 Å². The second-order valence-electron chi connectivity index (χ2n) is 6.34. The second kappa shape index (κ2) is 6.73. The average molecular weight is 303 g/mol. The number of piperidine rings is 1. The quantitative estimate of drug-likeness (QED) is 0.813. The summed E-state index contributed by atoms with van der Waals surface area (Å²) in [6, 6.07) is 0.682. The molecule has 2 aliphatic rings. The van der Waals surface area contributed by atoms with Crippen LogP contribution in [0.2, 0.25) is 0 Å². The maximum atomic E-state index is 11.7. The van der Waals surface area contributed by atoms with Crippen LogP contribution in [0.3, 0.4) is 0 Å². The van der Waals surface area contributed by atoms with Crippen molar-refractivity contribution in [3.8, 4) is 0 Å². The molecule has 2 saturated heterocycles. The Kier molecular flexibility index (Phi) is 5.45. The Bertz CT molecular complexity index is 413. The molecule has 0 amide bonds. The number of rotatable bonds is 5. The molecule has 0 bridgehead atoms. The summed E-state index contributed by atoms with van der Waals surface area (Å²) in [5, 5.41) is 3.63. The molecule has 118 valence electrons. The predicted octanol–water partition coefficient (Wildman–Crippen LogP) is 0.730. The third-order valence-corrected chi connectivity index (χ3v) is 6.13. The van der Waals surface area contributed by atoms with Crippen molar-refractivity contribution in [1.82, 2.24) is 14.5 Å². The van der Waals surface area contributed by atoms with Crippen molar-refractivity contribution in [3.05, 3.63) is 0 Å². The van der Waals surface area contributed by atoms with E-state index in [1.54, 1.807) is 4.31 Å². The summed E-state index contributed by atoms with van der Waals surface area (Å²) in [7, 11) is -3.05. The van der Waals surface area contributed by atoms with Crippen LogP contribution in [0.4, 0.5) is 0 Å². The van der Waals surface area contributed by atoms with Crippen LogP contribution in [-0.2, 0) is 10.0 Å². The van der Waals surface area contributed by atoms with Gasteiger partial charge in [-0.1, -0.05) is 13.8 Å². The van der Waals surface area contributed by atoms with Gasteiger partial charge in [-0.2, -0.15) is 4.31 Å². The number of nitrogens with zero attached hydrogens (tertiary/aromatic N) is 2. The zero-order chi connectivity index (χ0) is 14.8. The highest BCUT2D eigenvalue weighted by Crippen LogP contribution is 2.21. The molecule has 2 aliphatic heterocycles. The Balaban J connectivity index is 1.83. The van der Waals surface area contributed by atoms with Gasteiger partial charge in [0.05, 0.1) is 6.26 Å². The third-order valence-electron chi connectivity index (χ3n) is 4.80. The first-order chi connectivity index (χ1) is 9.41. The Morgan fingerprint density at radius 2 is 2.00 bits per heavy atom. The van der Waals surface area contributed by atoms with E-state index in [4.69, 9.17) is 0 Å². The first kappa shape index (κ1) is 16.2. The number of sulfonamides is 1. The fourth-order valence-corrected chi connectivity index (χ4v) is 4.74. The summed E-state index contributed by atoms with van der Waals surface area (Å²) in [6.45, 7) is 9.42. The minimum atomic E-state index is -3.05. The largest absolute Gasteiger partial charge is 0.312 e. The molecule has 0 aromatic carbocycles. The van der Waals surface area contributed by atoms with Gasteiger partial charge in [-0.15, -0.1) is 0 Å². The van der Waals surface area contributed by atoms with Crippen LogP contribution < -0.4 is 5.32 Å². The van der Waals surface area contributed by atoms with E-state index >= 15 is 0 Å². The van der Waals surface area contributed by atoms with Crippen molar-refractivity contribution >= 4 is 10.0 Å². The third kappa shape index (κ3) is 3.93. The van der Waals surface area contributed by atoms with Crippen molar-refractivity contribution in [2.75, 3.05) is 39.0 Å². The van der Waals surface area contributed by atoms with Crippen molar-refractivity contribution in [1.29, 1.82) is 0 Å². The van der Waals surface area contributed by atoms with E-state index in [9.17, 15) is 8.42 Å². The van der Waals surface area contributed by atoms with E-state index < -0.39 is 10.0 Å². The Labute approximate surface area is 123 Å². The fraction of sp³-hybridized carbons (Fsp3) is 1.00. The van der Waals surface area contributed by atoms with E-state index in [1.165, 1.54) is 12.7 Å². The van der Waals surface area contributed by atoms with Crippen LogP contribution in [0.25, 0.3) is 0 Å². The van der Waals surface area contributed by atoms with Crippen LogP contribution in [-0.4, -0.2) is 68.7 Å². The summed E-state index contributed by atoms with van der Waals surface area (Å²) < 4.78 is 25.1. The molecule has 5 nitrogen and oxygen atoms in total. The van der Waals surface area contributed by atoms with Crippen molar-refractivity contribution < 1.29 is 8.42 Å². The van der Waals surface area contributed by atoms with Crippen molar-refractivity contribution in [2.45, 2.75) is 45.2 Å². The zero-order valence-corrected chi connectivity index (χ0v) is 13.8. The van der Waals surface area contributed by atoms with E-state index in [2.05, 4.69) is 24.1 Å². The van der Waals surface area contributed by atoms with Gasteiger partial charge < -0.3 is 10.2 Å². The molecule has 2 heterocycles. The molecule has 0 saturated carbocycles. The number of hydrogen-bond donors (Lipinski definition) is 1. The number of nitrogens with one attached hydrogen (secondary N) is 1. The van der Waals surface area contributed by atoms with Gasteiger partial charge >= 0.3 is 0 Å². The monoisotopic (exact) mass is 303 g/mol. The average Bonchev–Trinajstić information content (AvgIpc) is 2.85.